The van der Waals surface area contributed by atoms with Gasteiger partial charge in [-0.1, -0.05) is 6.07 Å². The Morgan fingerprint density at radius 2 is 2.12 bits per heavy atom. The van der Waals surface area contributed by atoms with Gasteiger partial charge in [0, 0.05) is 25.8 Å². The highest BCUT2D eigenvalue weighted by molar-refractivity contribution is 5.96. The summed E-state index contributed by atoms with van der Waals surface area (Å²) in [6.07, 6.45) is 2.35. The fraction of sp³-hybridized carbons (Fsp3) is 0.471. The number of carbonyl (C=O) groups is 1. The third-order valence-electron chi connectivity index (χ3n) is 4.22. The van der Waals surface area contributed by atoms with Crippen LogP contribution in [0.5, 0.6) is 5.88 Å². The molecule has 1 aliphatic heterocycles. The molecular weight excluding hydrogens is 324 g/mol. The maximum Gasteiger partial charge on any atom is 0.274 e. The van der Waals surface area contributed by atoms with Gasteiger partial charge < -0.3 is 15.2 Å². The number of aromatic nitrogens is 2. The van der Waals surface area contributed by atoms with E-state index in [1.54, 1.807) is 18.3 Å². The van der Waals surface area contributed by atoms with Crippen molar-refractivity contribution in [2.45, 2.75) is 13.3 Å². The normalized spacial score (nSPS) is 15.4. The molecule has 1 fully saturated rings. The zero-order valence-corrected chi connectivity index (χ0v) is 14.2. The molecule has 1 amide bonds. The van der Waals surface area contributed by atoms with Crippen LogP contribution < -0.4 is 10.9 Å². The van der Waals surface area contributed by atoms with Crippen LogP contribution in [0.2, 0.25) is 0 Å². The largest absolute Gasteiger partial charge is 0.493 e. The molecule has 0 unspecified atom stereocenters. The Bertz CT molecular complexity index is 827. The van der Waals surface area contributed by atoms with Crippen molar-refractivity contribution in [1.29, 1.82) is 0 Å². The fourth-order valence-electron chi connectivity index (χ4n) is 2.85. The maximum atomic E-state index is 12.5. The molecule has 0 bridgehead atoms. The van der Waals surface area contributed by atoms with E-state index in [4.69, 9.17) is 4.74 Å². The zero-order valence-electron chi connectivity index (χ0n) is 14.2. The number of morpholine rings is 1. The second-order valence-corrected chi connectivity index (χ2v) is 6.11. The Morgan fingerprint density at radius 3 is 2.88 bits per heavy atom. The maximum absolute atomic E-state index is 12.5. The summed E-state index contributed by atoms with van der Waals surface area (Å²) in [5, 5.41) is 12.7. The van der Waals surface area contributed by atoms with Gasteiger partial charge in [0.25, 0.3) is 11.5 Å². The van der Waals surface area contributed by atoms with E-state index < -0.39 is 17.3 Å². The van der Waals surface area contributed by atoms with E-state index in [1.807, 2.05) is 6.92 Å². The van der Waals surface area contributed by atoms with Crippen LogP contribution >= 0.6 is 0 Å². The van der Waals surface area contributed by atoms with E-state index in [0.29, 0.717) is 12.2 Å². The van der Waals surface area contributed by atoms with Gasteiger partial charge in [0.1, 0.15) is 5.65 Å². The number of carbonyl (C=O) groups excluding carboxylic acids is 1. The molecule has 1 saturated heterocycles. The molecule has 0 aromatic carbocycles. The minimum absolute atomic E-state index is 0.303. The molecule has 0 radical (unpaired) electrons. The molecule has 134 valence electrons. The van der Waals surface area contributed by atoms with Crippen molar-refractivity contribution < 1.29 is 14.6 Å². The summed E-state index contributed by atoms with van der Waals surface area (Å²) < 4.78 is 6.56. The molecule has 8 heteroatoms. The quantitative estimate of drug-likeness (QED) is 0.749. The molecule has 8 nitrogen and oxygen atoms in total. The van der Waals surface area contributed by atoms with Gasteiger partial charge in [0.05, 0.1) is 13.2 Å². The molecular formula is C17H22N4O4. The number of amides is 1. The summed E-state index contributed by atoms with van der Waals surface area (Å²) in [5.41, 5.74) is 0.266. The van der Waals surface area contributed by atoms with E-state index in [0.717, 1.165) is 44.8 Å². The molecule has 1 aliphatic rings. The molecule has 2 aromatic rings. The third kappa shape index (κ3) is 3.97. The monoisotopic (exact) mass is 346 g/mol. The highest BCUT2D eigenvalue weighted by Gasteiger charge is 2.19. The van der Waals surface area contributed by atoms with Gasteiger partial charge in [-0.05, 0) is 31.5 Å². The Labute approximate surface area is 145 Å². The highest BCUT2D eigenvalue weighted by atomic mass is 16.5. The van der Waals surface area contributed by atoms with Crippen molar-refractivity contribution in [1.82, 2.24) is 19.6 Å². The van der Waals surface area contributed by atoms with Crippen LogP contribution in [0, 0.1) is 6.92 Å². The molecule has 0 spiro atoms. The second-order valence-electron chi connectivity index (χ2n) is 6.11. The summed E-state index contributed by atoms with van der Waals surface area (Å²) in [6, 6.07) is 3.41. The first kappa shape index (κ1) is 17.4. The minimum Gasteiger partial charge on any atom is -0.493 e. The first-order valence-electron chi connectivity index (χ1n) is 8.36. The van der Waals surface area contributed by atoms with E-state index in [9.17, 15) is 14.7 Å². The second kappa shape index (κ2) is 7.62. The molecule has 3 heterocycles. The first-order chi connectivity index (χ1) is 12.1. The first-order valence-corrected chi connectivity index (χ1v) is 8.36. The van der Waals surface area contributed by atoms with Gasteiger partial charge in [-0.2, -0.15) is 4.98 Å². The topological polar surface area (TPSA) is 96.2 Å². The van der Waals surface area contributed by atoms with E-state index in [2.05, 4.69) is 15.2 Å². The van der Waals surface area contributed by atoms with Crippen LogP contribution in [-0.4, -0.2) is 64.7 Å². The number of nitrogens with one attached hydrogen (secondary N) is 1. The Morgan fingerprint density at radius 1 is 1.36 bits per heavy atom. The predicted molar refractivity (Wildman–Crippen MR) is 92.1 cm³/mol. The predicted octanol–water partition coefficient (Wildman–Crippen LogP) is 0.161. The van der Waals surface area contributed by atoms with Gasteiger partial charge in [-0.15, -0.1) is 0 Å². The van der Waals surface area contributed by atoms with Crippen LogP contribution in [0.4, 0.5) is 0 Å². The molecule has 3 rings (SSSR count). The number of pyridine rings is 1. The van der Waals surface area contributed by atoms with Gasteiger partial charge in [-0.25, -0.2) is 0 Å². The lowest BCUT2D eigenvalue weighted by molar-refractivity contribution is 0.0374. The Kier molecular flexibility index (Phi) is 5.30. The number of aromatic hydroxyl groups is 1. The molecule has 0 atom stereocenters. The number of hydrogen-bond donors (Lipinski definition) is 2. The van der Waals surface area contributed by atoms with E-state index in [1.165, 1.54) is 4.40 Å². The Balaban J connectivity index is 1.66. The van der Waals surface area contributed by atoms with Crippen LogP contribution in [0.15, 0.2) is 23.1 Å². The van der Waals surface area contributed by atoms with E-state index >= 15 is 0 Å². The minimum atomic E-state index is -0.604. The lowest BCUT2D eigenvalue weighted by atomic mass is 10.2. The van der Waals surface area contributed by atoms with Crippen LogP contribution in [0.3, 0.4) is 0 Å². The van der Waals surface area contributed by atoms with Gasteiger partial charge >= 0.3 is 0 Å². The van der Waals surface area contributed by atoms with Crippen molar-refractivity contribution in [3.8, 4) is 5.88 Å². The lowest BCUT2D eigenvalue weighted by Crippen LogP contribution is -2.38. The Hall–Kier alpha value is -2.45. The number of aryl methyl sites for hydroxylation is 1. The molecule has 0 aliphatic carbocycles. The van der Waals surface area contributed by atoms with Crippen molar-refractivity contribution >= 4 is 11.6 Å². The number of nitrogens with zero attached hydrogens (tertiary/aromatic N) is 3. The van der Waals surface area contributed by atoms with Crippen LogP contribution in [0.25, 0.3) is 5.65 Å². The van der Waals surface area contributed by atoms with Crippen LogP contribution in [0.1, 0.15) is 22.3 Å². The van der Waals surface area contributed by atoms with Gasteiger partial charge in [0.2, 0.25) is 5.88 Å². The summed E-state index contributed by atoms with van der Waals surface area (Å²) in [4.78, 5) is 31.0. The smallest absolute Gasteiger partial charge is 0.274 e. The van der Waals surface area contributed by atoms with Crippen molar-refractivity contribution in [3.05, 3.63) is 39.8 Å². The average Bonchev–Trinajstić information content (AvgIpc) is 2.60. The molecule has 2 aromatic heterocycles. The number of rotatable bonds is 5. The number of fused-ring (bicyclic) bond motifs is 1. The number of hydrogen-bond acceptors (Lipinski definition) is 6. The van der Waals surface area contributed by atoms with Crippen molar-refractivity contribution in [2.24, 2.45) is 0 Å². The zero-order chi connectivity index (χ0) is 17.8. The van der Waals surface area contributed by atoms with Crippen molar-refractivity contribution in [3.63, 3.8) is 0 Å². The summed E-state index contributed by atoms with van der Waals surface area (Å²) in [7, 11) is 0. The molecule has 0 saturated carbocycles. The third-order valence-corrected chi connectivity index (χ3v) is 4.22. The lowest BCUT2D eigenvalue weighted by Gasteiger charge is -2.26. The summed E-state index contributed by atoms with van der Waals surface area (Å²) in [5.74, 6) is -1.15. The van der Waals surface area contributed by atoms with Gasteiger partial charge in [-0.3, -0.25) is 18.9 Å². The molecule has 2 N–H and O–H groups in total. The standard InChI is InChI=1S/C17H22N4O4/c1-12-3-4-13-19-16(23)14(17(24)21(13)11-12)15(22)18-5-2-6-20-7-9-25-10-8-20/h3-4,11,23H,2,5-10H2,1H3,(H,18,22). The molecule has 25 heavy (non-hydrogen) atoms. The summed E-state index contributed by atoms with van der Waals surface area (Å²) in [6.45, 7) is 6.37. The SMILES string of the molecule is Cc1ccc2nc(O)c(C(=O)NCCCN3CCOCC3)c(=O)n2c1. The van der Waals surface area contributed by atoms with Crippen molar-refractivity contribution in [2.75, 3.05) is 39.4 Å². The number of ether oxygens (including phenoxy) is 1. The van der Waals surface area contributed by atoms with E-state index in [-0.39, 0.29) is 5.56 Å². The highest BCUT2D eigenvalue weighted by Crippen LogP contribution is 2.12. The average molecular weight is 346 g/mol. The summed E-state index contributed by atoms with van der Waals surface area (Å²) >= 11 is 0. The fourth-order valence-corrected chi connectivity index (χ4v) is 2.85. The van der Waals surface area contributed by atoms with Gasteiger partial charge in [0.15, 0.2) is 5.56 Å². The van der Waals surface area contributed by atoms with Crippen LogP contribution in [-0.2, 0) is 4.74 Å².